The van der Waals surface area contributed by atoms with Gasteiger partial charge < -0.3 is 5.11 Å². The van der Waals surface area contributed by atoms with Crippen molar-refractivity contribution in [2.24, 2.45) is 0 Å². The molecule has 7 heteroatoms. The third kappa shape index (κ3) is 2.35. The molecular formula is C15H15NO4S2. The van der Waals surface area contributed by atoms with E-state index in [9.17, 15) is 18.3 Å². The number of aromatic carboxylic acids is 1. The van der Waals surface area contributed by atoms with Crippen LogP contribution in [0.15, 0.2) is 28.5 Å². The smallest absolute Gasteiger partial charge is 0.336 e. The van der Waals surface area contributed by atoms with Gasteiger partial charge in [0.05, 0.1) is 5.56 Å². The van der Waals surface area contributed by atoms with Gasteiger partial charge in [-0.25, -0.2) is 13.2 Å². The topological polar surface area (TPSA) is 74.7 Å². The Kier molecular flexibility index (Phi) is 3.58. The number of aryl methyl sites for hydroxylation is 2. The van der Waals surface area contributed by atoms with Crippen LogP contribution in [0, 0.1) is 13.8 Å². The van der Waals surface area contributed by atoms with Crippen LogP contribution in [0.25, 0.3) is 0 Å². The van der Waals surface area contributed by atoms with Crippen LogP contribution < -0.4 is 0 Å². The van der Waals surface area contributed by atoms with Crippen molar-refractivity contribution in [3.05, 3.63) is 51.4 Å². The van der Waals surface area contributed by atoms with Gasteiger partial charge in [0.1, 0.15) is 4.21 Å². The number of thiophene rings is 1. The molecule has 0 atom stereocenters. The monoisotopic (exact) mass is 337 g/mol. The molecule has 1 aliphatic heterocycles. The Labute approximate surface area is 132 Å². The predicted octanol–water partition coefficient (Wildman–Crippen LogP) is 2.77. The van der Waals surface area contributed by atoms with Crippen LogP contribution in [0.3, 0.4) is 0 Å². The summed E-state index contributed by atoms with van der Waals surface area (Å²) in [6, 6.07) is 6.62. The first-order valence-electron chi connectivity index (χ1n) is 6.72. The fourth-order valence-electron chi connectivity index (χ4n) is 2.56. The molecule has 0 aliphatic carbocycles. The number of hydrogen-bond donors (Lipinski definition) is 1. The second-order valence-electron chi connectivity index (χ2n) is 5.33. The Morgan fingerprint density at radius 2 is 2.00 bits per heavy atom. The Balaban J connectivity index is 1.99. The van der Waals surface area contributed by atoms with E-state index in [0.29, 0.717) is 9.77 Å². The van der Waals surface area contributed by atoms with Crippen molar-refractivity contribution >= 4 is 27.3 Å². The minimum atomic E-state index is -3.59. The molecular weight excluding hydrogens is 322 g/mol. The standard InChI is InChI=1S/C15H15NO4S2/c1-9-6-14(21-10(9)2)22(19,20)16-7-11-4-3-5-12(15(17)18)13(11)8-16/h3-6H,7-8H2,1-2H3,(H,17,18). The summed E-state index contributed by atoms with van der Waals surface area (Å²) in [5.41, 5.74) is 2.47. The summed E-state index contributed by atoms with van der Waals surface area (Å²) in [6.45, 7) is 4.09. The molecule has 0 bridgehead atoms. The number of carboxylic acids is 1. The summed E-state index contributed by atoms with van der Waals surface area (Å²) in [5, 5.41) is 9.23. The van der Waals surface area contributed by atoms with Gasteiger partial charge in [-0.15, -0.1) is 11.3 Å². The molecule has 116 valence electrons. The number of nitrogens with zero attached hydrogens (tertiary/aromatic N) is 1. The van der Waals surface area contributed by atoms with Gasteiger partial charge in [0.25, 0.3) is 10.0 Å². The fourth-order valence-corrected chi connectivity index (χ4v) is 5.61. The van der Waals surface area contributed by atoms with E-state index in [1.165, 1.54) is 21.7 Å². The molecule has 0 amide bonds. The van der Waals surface area contributed by atoms with E-state index in [1.54, 1.807) is 18.2 Å². The van der Waals surface area contributed by atoms with Crippen LogP contribution in [0.4, 0.5) is 0 Å². The maximum Gasteiger partial charge on any atom is 0.336 e. The molecule has 0 radical (unpaired) electrons. The average molecular weight is 337 g/mol. The zero-order valence-corrected chi connectivity index (χ0v) is 13.8. The lowest BCUT2D eigenvalue weighted by Gasteiger charge is -2.14. The van der Waals surface area contributed by atoms with E-state index in [-0.39, 0.29) is 18.7 Å². The van der Waals surface area contributed by atoms with Crippen molar-refractivity contribution in [1.29, 1.82) is 0 Å². The number of rotatable bonds is 3. The number of hydrogen-bond acceptors (Lipinski definition) is 4. The summed E-state index contributed by atoms with van der Waals surface area (Å²) >= 11 is 1.25. The lowest BCUT2D eigenvalue weighted by molar-refractivity contribution is 0.0695. The quantitative estimate of drug-likeness (QED) is 0.934. The molecule has 0 saturated heterocycles. The largest absolute Gasteiger partial charge is 0.478 e. The van der Waals surface area contributed by atoms with Gasteiger partial charge in [-0.1, -0.05) is 12.1 Å². The normalized spacial score (nSPS) is 15.0. The lowest BCUT2D eigenvalue weighted by atomic mass is 10.0. The van der Waals surface area contributed by atoms with Crippen molar-refractivity contribution in [3.8, 4) is 0 Å². The van der Waals surface area contributed by atoms with E-state index < -0.39 is 16.0 Å². The van der Waals surface area contributed by atoms with Gasteiger partial charge in [0, 0.05) is 18.0 Å². The van der Waals surface area contributed by atoms with Crippen LogP contribution in [-0.4, -0.2) is 23.8 Å². The zero-order chi connectivity index (χ0) is 16.1. The molecule has 2 aromatic rings. The highest BCUT2D eigenvalue weighted by atomic mass is 32.2. The van der Waals surface area contributed by atoms with E-state index in [1.807, 2.05) is 13.8 Å². The Morgan fingerprint density at radius 1 is 1.27 bits per heavy atom. The van der Waals surface area contributed by atoms with Crippen molar-refractivity contribution < 1.29 is 18.3 Å². The zero-order valence-electron chi connectivity index (χ0n) is 12.2. The Bertz CT molecular complexity index is 848. The number of benzene rings is 1. The van der Waals surface area contributed by atoms with Crippen LogP contribution >= 0.6 is 11.3 Å². The fraction of sp³-hybridized carbons (Fsp3) is 0.267. The van der Waals surface area contributed by atoms with E-state index in [2.05, 4.69) is 0 Å². The van der Waals surface area contributed by atoms with Crippen molar-refractivity contribution in [3.63, 3.8) is 0 Å². The third-order valence-corrected chi connectivity index (χ3v) is 7.32. The molecule has 5 nitrogen and oxygen atoms in total. The molecule has 0 spiro atoms. The summed E-state index contributed by atoms with van der Waals surface area (Å²) in [4.78, 5) is 12.2. The van der Waals surface area contributed by atoms with E-state index >= 15 is 0 Å². The Morgan fingerprint density at radius 3 is 2.59 bits per heavy atom. The molecule has 0 saturated carbocycles. The maximum atomic E-state index is 12.7. The van der Waals surface area contributed by atoms with Crippen molar-refractivity contribution in [1.82, 2.24) is 4.31 Å². The highest BCUT2D eigenvalue weighted by molar-refractivity contribution is 7.91. The SMILES string of the molecule is Cc1cc(S(=O)(=O)N2Cc3cccc(C(=O)O)c3C2)sc1C. The first-order chi connectivity index (χ1) is 10.3. The van der Waals surface area contributed by atoms with E-state index in [0.717, 1.165) is 16.0 Å². The van der Waals surface area contributed by atoms with E-state index in [4.69, 9.17) is 0 Å². The second-order valence-corrected chi connectivity index (χ2v) is 8.75. The van der Waals surface area contributed by atoms with Crippen LogP contribution in [-0.2, 0) is 23.1 Å². The second kappa shape index (κ2) is 5.19. The molecule has 1 aromatic heterocycles. The molecule has 0 unspecified atom stereocenters. The molecule has 0 fully saturated rings. The van der Waals surface area contributed by atoms with Gasteiger partial charge in [-0.3, -0.25) is 0 Å². The minimum Gasteiger partial charge on any atom is -0.478 e. The van der Waals surface area contributed by atoms with Crippen LogP contribution in [0.2, 0.25) is 0 Å². The maximum absolute atomic E-state index is 12.7. The summed E-state index contributed by atoms with van der Waals surface area (Å²) in [5.74, 6) is -1.03. The highest BCUT2D eigenvalue weighted by Crippen LogP contribution is 2.34. The summed E-state index contributed by atoms with van der Waals surface area (Å²) in [6.07, 6.45) is 0. The van der Waals surface area contributed by atoms with Gasteiger partial charge in [0.2, 0.25) is 0 Å². The molecule has 2 heterocycles. The summed E-state index contributed by atoms with van der Waals surface area (Å²) < 4.78 is 27.1. The predicted molar refractivity (Wildman–Crippen MR) is 83.6 cm³/mol. The van der Waals surface area contributed by atoms with Gasteiger partial charge in [-0.05, 0) is 42.7 Å². The molecule has 1 aliphatic rings. The first kappa shape index (κ1) is 15.2. The lowest BCUT2D eigenvalue weighted by Crippen LogP contribution is -2.25. The number of sulfonamides is 1. The first-order valence-corrected chi connectivity index (χ1v) is 8.97. The van der Waals surface area contributed by atoms with Crippen molar-refractivity contribution in [2.45, 2.75) is 31.1 Å². The number of carbonyl (C=O) groups is 1. The van der Waals surface area contributed by atoms with Crippen LogP contribution in [0.5, 0.6) is 0 Å². The van der Waals surface area contributed by atoms with Gasteiger partial charge in [-0.2, -0.15) is 4.31 Å². The van der Waals surface area contributed by atoms with Crippen molar-refractivity contribution in [2.75, 3.05) is 0 Å². The Hall–Kier alpha value is -1.70. The average Bonchev–Trinajstić information content (AvgIpc) is 3.03. The molecule has 3 rings (SSSR count). The minimum absolute atomic E-state index is 0.107. The highest BCUT2D eigenvalue weighted by Gasteiger charge is 2.33. The molecule has 22 heavy (non-hydrogen) atoms. The third-order valence-electron chi connectivity index (χ3n) is 3.92. The number of carboxylic acid groups (broad SMARTS) is 1. The van der Waals surface area contributed by atoms with Gasteiger partial charge >= 0.3 is 5.97 Å². The molecule has 1 aromatic carbocycles. The number of fused-ring (bicyclic) bond motifs is 1. The van der Waals surface area contributed by atoms with Gasteiger partial charge in [0.15, 0.2) is 0 Å². The van der Waals surface area contributed by atoms with Crippen LogP contribution in [0.1, 0.15) is 31.9 Å². The summed E-state index contributed by atoms with van der Waals surface area (Å²) in [7, 11) is -3.59. The molecule has 1 N–H and O–H groups in total.